The molecular formula is C19H19N5O. The van der Waals surface area contributed by atoms with E-state index in [1.54, 1.807) is 6.20 Å². The molecule has 0 saturated carbocycles. The van der Waals surface area contributed by atoms with Crippen LogP contribution in [0.15, 0.2) is 60.8 Å². The fourth-order valence-corrected chi connectivity index (χ4v) is 2.84. The Labute approximate surface area is 146 Å². The Hall–Kier alpha value is -3.15. The van der Waals surface area contributed by atoms with E-state index in [-0.39, 0.29) is 0 Å². The summed E-state index contributed by atoms with van der Waals surface area (Å²) in [6.45, 7) is 2.04. The highest BCUT2D eigenvalue weighted by Crippen LogP contribution is 2.30. The number of nitrogens with zero attached hydrogens (tertiary/aromatic N) is 4. The number of benzene rings is 2. The Balaban J connectivity index is 1.56. The maximum Gasteiger partial charge on any atom is 0.249 e. The Morgan fingerprint density at radius 1 is 0.920 bits per heavy atom. The van der Waals surface area contributed by atoms with E-state index in [9.17, 15) is 0 Å². The molecule has 0 unspecified atom stereocenters. The highest BCUT2D eigenvalue weighted by atomic mass is 16.5. The van der Waals surface area contributed by atoms with E-state index >= 15 is 0 Å². The van der Waals surface area contributed by atoms with Crippen LogP contribution in [0.5, 0.6) is 11.5 Å². The van der Waals surface area contributed by atoms with Crippen molar-refractivity contribution < 1.29 is 4.74 Å². The molecule has 2 heterocycles. The first-order valence-electron chi connectivity index (χ1n) is 8.42. The summed E-state index contributed by atoms with van der Waals surface area (Å²) < 4.78 is 5.96. The van der Waals surface area contributed by atoms with Gasteiger partial charge in [0.2, 0.25) is 5.95 Å². The summed E-state index contributed by atoms with van der Waals surface area (Å²) >= 11 is 0. The first kappa shape index (κ1) is 15.4. The van der Waals surface area contributed by atoms with Crippen molar-refractivity contribution in [1.29, 1.82) is 0 Å². The van der Waals surface area contributed by atoms with Gasteiger partial charge in [-0.1, -0.05) is 30.3 Å². The second-order valence-electron chi connectivity index (χ2n) is 5.87. The topological polar surface area (TPSA) is 63.2 Å². The zero-order chi connectivity index (χ0) is 16.9. The predicted octanol–water partition coefficient (Wildman–Crippen LogP) is 4.01. The van der Waals surface area contributed by atoms with Crippen LogP contribution in [0.25, 0.3) is 0 Å². The fourth-order valence-electron chi connectivity index (χ4n) is 2.84. The molecule has 6 heteroatoms. The molecule has 0 radical (unpaired) electrons. The van der Waals surface area contributed by atoms with Crippen LogP contribution in [0, 0.1) is 0 Å². The molecule has 1 aliphatic rings. The van der Waals surface area contributed by atoms with Crippen molar-refractivity contribution in [3.8, 4) is 11.5 Å². The summed E-state index contributed by atoms with van der Waals surface area (Å²) in [5, 5.41) is 11.4. The van der Waals surface area contributed by atoms with Crippen LogP contribution >= 0.6 is 0 Å². The first-order chi connectivity index (χ1) is 12.4. The largest absolute Gasteiger partial charge is 0.455 e. The summed E-state index contributed by atoms with van der Waals surface area (Å²) in [6.07, 6.45) is 4.10. The van der Waals surface area contributed by atoms with Crippen molar-refractivity contribution in [3.63, 3.8) is 0 Å². The zero-order valence-electron chi connectivity index (χ0n) is 13.8. The number of anilines is 3. The van der Waals surface area contributed by atoms with Gasteiger partial charge in [-0.3, -0.25) is 0 Å². The molecule has 6 nitrogen and oxygen atoms in total. The van der Waals surface area contributed by atoms with Crippen LogP contribution in [-0.2, 0) is 0 Å². The highest BCUT2D eigenvalue weighted by Gasteiger charge is 2.15. The first-order valence-corrected chi connectivity index (χ1v) is 8.42. The van der Waals surface area contributed by atoms with Gasteiger partial charge in [0, 0.05) is 13.1 Å². The van der Waals surface area contributed by atoms with Gasteiger partial charge in [-0.15, -0.1) is 5.10 Å². The van der Waals surface area contributed by atoms with Crippen LogP contribution in [0.1, 0.15) is 12.8 Å². The molecule has 1 fully saturated rings. The SMILES string of the molecule is c1ccc(Oc2ccccc2Nc2nncc(N3CCCC3)n2)cc1. The number of nitrogens with one attached hydrogen (secondary N) is 1. The summed E-state index contributed by atoms with van der Waals surface area (Å²) in [4.78, 5) is 6.81. The van der Waals surface area contributed by atoms with Gasteiger partial charge in [-0.25, -0.2) is 0 Å². The molecule has 4 rings (SSSR count). The van der Waals surface area contributed by atoms with Crippen molar-refractivity contribution >= 4 is 17.5 Å². The van der Waals surface area contributed by atoms with E-state index in [2.05, 4.69) is 25.4 Å². The van der Waals surface area contributed by atoms with Crippen molar-refractivity contribution in [1.82, 2.24) is 15.2 Å². The number of hydrogen-bond acceptors (Lipinski definition) is 6. The molecule has 25 heavy (non-hydrogen) atoms. The van der Waals surface area contributed by atoms with Gasteiger partial charge in [0.25, 0.3) is 0 Å². The Morgan fingerprint density at radius 2 is 1.68 bits per heavy atom. The summed E-state index contributed by atoms with van der Waals surface area (Å²) in [6, 6.07) is 17.4. The van der Waals surface area contributed by atoms with E-state index in [1.807, 2.05) is 54.6 Å². The maximum absolute atomic E-state index is 5.96. The van der Waals surface area contributed by atoms with Crippen LogP contribution in [0.4, 0.5) is 17.5 Å². The molecule has 1 N–H and O–H groups in total. The molecule has 2 aromatic carbocycles. The van der Waals surface area contributed by atoms with E-state index in [0.29, 0.717) is 11.7 Å². The normalized spacial score (nSPS) is 13.7. The number of aromatic nitrogens is 3. The van der Waals surface area contributed by atoms with Crippen LogP contribution in [0.3, 0.4) is 0 Å². The Bertz CT molecular complexity index is 834. The molecule has 0 atom stereocenters. The molecule has 1 aromatic heterocycles. The number of para-hydroxylation sites is 3. The van der Waals surface area contributed by atoms with E-state index in [4.69, 9.17) is 4.74 Å². The van der Waals surface area contributed by atoms with Gasteiger partial charge in [-0.05, 0) is 37.1 Å². The lowest BCUT2D eigenvalue weighted by Crippen LogP contribution is -2.20. The minimum Gasteiger partial charge on any atom is -0.455 e. The quantitative estimate of drug-likeness (QED) is 0.761. The van der Waals surface area contributed by atoms with Gasteiger partial charge in [0.05, 0.1) is 11.9 Å². The number of rotatable bonds is 5. The summed E-state index contributed by atoms with van der Waals surface area (Å²) in [5.74, 6) is 2.82. The second-order valence-corrected chi connectivity index (χ2v) is 5.87. The van der Waals surface area contributed by atoms with Crippen molar-refractivity contribution in [2.24, 2.45) is 0 Å². The van der Waals surface area contributed by atoms with Gasteiger partial charge in [0.15, 0.2) is 11.6 Å². The molecule has 1 aliphatic heterocycles. The molecule has 0 amide bonds. The van der Waals surface area contributed by atoms with Crippen molar-refractivity contribution in [2.45, 2.75) is 12.8 Å². The van der Waals surface area contributed by atoms with Crippen LogP contribution in [0.2, 0.25) is 0 Å². The molecular weight excluding hydrogens is 314 g/mol. The lowest BCUT2D eigenvalue weighted by atomic mass is 10.3. The second kappa shape index (κ2) is 7.17. The molecule has 3 aromatic rings. The van der Waals surface area contributed by atoms with Crippen LogP contribution in [-0.4, -0.2) is 28.3 Å². The Morgan fingerprint density at radius 3 is 2.52 bits per heavy atom. The van der Waals surface area contributed by atoms with Gasteiger partial charge in [0.1, 0.15) is 5.75 Å². The fraction of sp³-hybridized carbons (Fsp3) is 0.211. The molecule has 0 bridgehead atoms. The van der Waals surface area contributed by atoms with Crippen molar-refractivity contribution in [2.75, 3.05) is 23.3 Å². The smallest absolute Gasteiger partial charge is 0.249 e. The summed E-state index contributed by atoms with van der Waals surface area (Å²) in [7, 11) is 0. The molecule has 0 aliphatic carbocycles. The lowest BCUT2D eigenvalue weighted by Gasteiger charge is -2.16. The average Bonchev–Trinajstić information content (AvgIpc) is 3.19. The minimum absolute atomic E-state index is 0.466. The molecule has 1 saturated heterocycles. The average molecular weight is 333 g/mol. The monoisotopic (exact) mass is 333 g/mol. The number of hydrogen-bond donors (Lipinski definition) is 1. The van der Waals surface area contributed by atoms with Gasteiger partial charge >= 0.3 is 0 Å². The van der Waals surface area contributed by atoms with E-state index in [0.717, 1.165) is 30.3 Å². The van der Waals surface area contributed by atoms with E-state index < -0.39 is 0 Å². The standard InChI is InChI=1S/C19H19N5O/c1-2-8-15(9-3-1)25-17-11-5-4-10-16(17)21-19-22-18(14-20-23-19)24-12-6-7-13-24/h1-5,8-11,14H,6-7,12-13H2,(H,21,22,23). The summed E-state index contributed by atoms with van der Waals surface area (Å²) in [5.41, 5.74) is 0.798. The van der Waals surface area contributed by atoms with Gasteiger partial charge < -0.3 is 15.0 Å². The third kappa shape index (κ3) is 3.68. The van der Waals surface area contributed by atoms with Crippen molar-refractivity contribution in [3.05, 3.63) is 60.8 Å². The maximum atomic E-state index is 5.96. The zero-order valence-corrected chi connectivity index (χ0v) is 13.8. The van der Waals surface area contributed by atoms with E-state index in [1.165, 1.54) is 12.8 Å². The predicted molar refractivity (Wildman–Crippen MR) is 97.5 cm³/mol. The van der Waals surface area contributed by atoms with Crippen LogP contribution < -0.4 is 15.0 Å². The Kier molecular flexibility index (Phi) is 4.41. The van der Waals surface area contributed by atoms with Gasteiger partial charge in [-0.2, -0.15) is 10.1 Å². The third-order valence-corrected chi connectivity index (χ3v) is 4.08. The third-order valence-electron chi connectivity index (χ3n) is 4.08. The minimum atomic E-state index is 0.466. The number of ether oxygens (including phenoxy) is 1. The molecule has 126 valence electrons. The highest BCUT2D eigenvalue weighted by molar-refractivity contribution is 5.63. The lowest BCUT2D eigenvalue weighted by molar-refractivity contribution is 0.485. The molecule has 0 spiro atoms.